The molecule has 0 aliphatic carbocycles. The summed E-state index contributed by atoms with van der Waals surface area (Å²) in [7, 11) is -3.75. The Morgan fingerprint density at radius 3 is 2.32 bits per heavy atom. The first-order valence-electron chi connectivity index (χ1n) is 7.91. The van der Waals surface area contributed by atoms with E-state index in [2.05, 4.69) is 4.72 Å². The first-order valence-corrected chi connectivity index (χ1v) is 9.39. The lowest BCUT2D eigenvalue weighted by Crippen LogP contribution is -2.42. The normalized spacial score (nSPS) is 11.4. The third-order valence-electron chi connectivity index (χ3n) is 3.33. The van der Waals surface area contributed by atoms with Crippen molar-refractivity contribution in [3.8, 4) is 5.75 Å². The van der Waals surface area contributed by atoms with E-state index in [1.54, 1.807) is 26.0 Å². The molecular weight excluding hydrogens is 348 g/mol. The number of rotatable bonds is 10. The van der Waals surface area contributed by atoms with E-state index in [9.17, 15) is 18.0 Å². The topological polar surface area (TPSA) is 113 Å². The number of carbonyl (C=O) groups is 2. The molecule has 0 heterocycles. The Kier molecular flexibility index (Phi) is 7.85. The lowest BCUT2D eigenvalue weighted by atomic mass is 10.2. The maximum absolute atomic E-state index is 12.2. The summed E-state index contributed by atoms with van der Waals surface area (Å²) in [5.74, 6) is -0.971. The Morgan fingerprint density at radius 2 is 1.84 bits per heavy atom. The van der Waals surface area contributed by atoms with Gasteiger partial charge in [0.1, 0.15) is 12.3 Å². The molecule has 9 heteroatoms. The largest absolute Gasteiger partial charge is 0.494 e. The Hall–Kier alpha value is -2.13. The number of carboxylic acid groups (broad SMARTS) is 1. The van der Waals surface area contributed by atoms with Crippen molar-refractivity contribution in [1.82, 2.24) is 9.62 Å². The van der Waals surface area contributed by atoms with E-state index >= 15 is 0 Å². The van der Waals surface area contributed by atoms with E-state index in [0.717, 1.165) is 0 Å². The molecule has 0 aliphatic heterocycles. The fourth-order valence-electron chi connectivity index (χ4n) is 2.11. The number of aliphatic carboxylic acids is 1. The number of hydrogen-bond donors (Lipinski definition) is 2. The van der Waals surface area contributed by atoms with E-state index in [4.69, 9.17) is 9.84 Å². The summed E-state index contributed by atoms with van der Waals surface area (Å²) in [5.41, 5.74) is 0. The number of carboxylic acids is 1. The van der Waals surface area contributed by atoms with Crippen molar-refractivity contribution in [2.45, 2.75) is 38.1 Å². The summed E-state index contributed by atoms with van der Waals surface area (Å²) in [6.07, 6.45) is -0.123. The molecule has 0 atom stereocenters. The second-order valence-corrected chi connectivity index (χ2v) is 7.33. The predicted octanol–water partition coefficient (Wildman–Crippen LogP) is 1.08. The van der Waals surface area contributed by atoms with E-state index in [0.29, 0.717) is 12.4 Å². The first-order chi connectivity index (χ1) is 11.7. The zero-order valence-electron chi connectivity index (χ0n) is 14.6. The van der Waals surface area contributed by atoms with Crippen molar-refractivity contribution in [2.24, 2.45) is 0 Å². The van der Waals surface area contributed by atoms with Crippen LogP contribution in [-0.2, 0) is 19.6 Å². The van der Waals surface area contributed by atoms with E-state index < -0.39 is 28.4 Å². The van der Waals surface area contributed by atoms with Crippen LogP contribution in [0.2, 0.25) is 0 Å². The summed E-state index contributed by atoms with van der Waals surface area (Å²) >= 11 is 0. The number of sulfonamides is 1. The van der Waals surface area contributed by atoms with Crippen LogP contribution in [0.4, 0.5) is 0 Å². The van der Waals surface area contributed by atoms with Gasteiger partial charge in [-0.1, -0.05) is 0 Å². The highest BCUT2D eigenvalue weighted by atomic mass is 32.2. The van der Waals surface area contributed by atoms with Crippen LogP contribution in [-0.4, -0.2) is 56.0 Å². The fourth-order valence-corrected chi connectivity index (χ4v) is 3.14. The van der Waals surface area contributed by atoms with Crippen molar-refractivity contribution in [3.63, 3.8) is 0 Å². The Labute approximate surface area is 147 Å². The average Bonchev–Trinajstić information content (AvgIpc) is 2.52. The van der Waals surface area contributed by atoms with Crippen LogP contribution in [0.15, 0.2) is 29.2 Å². The zero-order chi connectivity index (χ0) is 19.0. The van der Waals surface area contributed by atoms with Crippen LogP contribution >= 0.6 is 0 Å². The molecule has 1 aromatic carbocycles. The molecule has 0 bridgehead atoms. The van der Waals surface area contributed by atoms with Crippen LogP contribution in [0.25, 0.3) is 0 Å². The molecule has 2 N–H and O–H groups in total. The van der Waals surface area contributed by atoms with E-state index in [-0.39, 0.29) is 23.9 Å². The summed E-state index contributed by atoms with van der Waals surface area (Å²) in [4.78, 5) is 24.1. The highest BCUT2D eigenvalue weighted by molar-refractivity contribution is 7.89. The number of amides is 1. The third kappa shape index (κ3) is 6.71. The molecule has 25 heavy (non-hydrogen) atoms. The van der Waals surface area contributed by atoms with Gasteiger partial charge in [0.15, 0.2) is 0 Å². The summed E-state index contributed by atoms with van der Waals surface area (Å²) < 4.78 is 32.0. The summed E-state index contributed by atoms with van der Waals surface area (Å²) in [6, 6.07) is 5.65. The molecule has 0 saturated carbocycles. The molecule has 1 rings (SSSR count). The van der Waals surface area contributed by atoms with Crippen molar-refractivity contribution in [1.29, 1.82) is 0 Å². The fraction of sp³-hybridized carbons (Fsp3) is 0.500. The Bertz CT molecular complexity index is 685. The third-order valence-corrected chi connectivity index (χ3v) is 4.80. The van der Waals surface area contributed by atoms with Gasteiger partial charge < -0.3 is 14.7 Å². The van der Waals surface area contributed by atoms with Crippen LogP contribution in [0, 0.1) is 0 Å². The minimum Gasteiger partial charge on any atom is -0.494 e. The Balaban J connectivity index is 2.63. The summed E-state index contributed by atoms with van der Waals surface area (Å²) in [6.45, 7) is 5.18. The highest BCUT2D eigenvalue weighted by Gasteiger charge is 2.20. The first kappa shape index (κ1) is 20.9. The van der Waals surface area contributed by atoms with Crippen molar-refractivity contribution < 1.29 is 27.9 Å². The second-order valence-electron chi connectivity index (χ2n) is 5.56. The SMILES string of the molecule is CCOc1ccc(S(=O)(=O)NCCC(=O)N(CC(=O)O)C(C)C)cc1. The molecule has 0 spiro atoms. The van der Waals surface area contributed by atoms with E-state index in [1.807, 2.05) is 6.92 Å². The van der Waals surface area contributed by atoms with Gasteiger partial charge in [-0.15, -0.1) is 0 Å². The van der Waals surface area contributed by atoms with Crippen molar-refractivity contribution in [3.05, 3.63) is 24.3 Å². The molecule has 140 valence electrons. The van der Waals surface area contributed by atoms with Gasteiger partial charge in [0.05, 0.1) is 11.5 Å². The quantitative estimate of drug-likeness (QED) is 0.635. The van der Waals surface area contributed by atoms with Crippen LogP contribution in [0.3, 0.4) is 0 Å². The Morgan fingerprint density at radius 1 is 1.24 bits per heavy atom. The van der Waals surface area contributed by atoms with Gasteiger partial charge in [-0.3, -0.25) is 9.59 Å². The minimum absolute atomic E-state index is 0.0645. The number of ether oxygens (including phenoxy) is 1. The highest BCUT2D eigenvalue weighted by Crippen LogP contribution is 2.15. The lowest BCUT2D eigenvalue weighted by molar-refractivity contribution is -0.145. The molecule has 1 aromatic rings. The maximum Gasteiger partial charge on any atom is 0.323 e. The standard InChI is InChI=1S/C16H24N2O6S/c1-4-24-13-5-7-14(8-6-13)25(22,23)17-10-9-15(19)18(12(2)3)11-16(20)21/h5-8,12,17H,4,9-11H2,1-3H3,(H,20,21). The number of carbonyl (C=O) groups excluding carboxylic acids is 1. The minimum atomic E-state index is -3.75. The monoisotopic (exact) mass is 372 g/mol. The van der Waals surface area contributed by atoms with Gasteiger partial charge in [0.25, 0.3) is 0 Å². The molecule has 0 saturated heterocycles. The molecule has 0 radical (unpaired) electrons. The number of benzene rings is 1. The number of hydrogen-bond acceptors (Lipinski definition) is 5. The van der Waals surface area contributed by atoms with Gasteiger partial charge >= 0.3 is 5.97 Å². The molecule has 0 aromatic heterocycles. The van der Waals surface area contributed by atoms with Crippen LogP contribution < -0.4 is 9.46 Å². The molecule has 0 unspecified atom stereocenters. The molecule has 0 aliphatic rings. The predicted molar refractivity (Wildman–Crippen MR) is 91.9 cm³/mol. The van der Waals surface area contributed by atoms with Crippen LogP contribution in [0.1, 0.15) is 27.2 Å². The molecule has 1 amide bonds. The summed E-state index contributed by atoms with van der Waals surface area (Å²) in [5, 5.41) is 8.83. The maximum atomic E-state index is 12.2. The smallest absolute Gasteiger partial charge is 0.323 e. The van der Waals surface area contributed by atoms with Crippen molar-refractivity contribution >= 4 is 21.9 Å². The number of nitrogens with zero attached hydrogens (tertiary/aromatic N) is 1. The molecule has 8 nitrogen and oxygen atoms in total. The van der Waals surface area contributed by atoms with Gasteiger partial charge in [-0.2, -0.15) is 0 Å². The van der Waals surface area contributed by atoms with Gasteiger partial charge in [-0.05, 0) is 45.0 Å². The van der Waals surface area contributed by atoms with Crippen molar-refractivity contribution in [2.75, 3.05) is 19.7 Å². The van der Waals surface area contributed by atoms with Crippen LogP contribution in [0.5, 0.6) is 5.75 Å². The van der Waals surface area contributed by atoms with Gasteiger partial charge in [0, 0.05) is 19.0 Å². The van der Waals surface area contributed by atoms with E-state index in [1.165, 1.54) is 17.0 Å². The average molecular weight is 372 g/mol. The number of nitrogens with one attached hydrogen (secondary N) is 1. The molecule has 0 fully saturated rings. The van der Waals surface area contributed by atoms with Gasteiger partial charge in [-0.25, -0.2) is 13.1 Å². The zero-order valence-corrected chi connectivity index (χ0v) is 15.4. The molecular formula is C16H24N2O6S. The lowest BCUT2D eigenvalue weighted by Gasteiger charge is -2.24. The second kappa shape index (κ2) is 9.38. The van der Waals surface area contributed by atoms with Gasteiger partial charge in [0.2, 0.25) is 15.9 Å².